The summed E-state index contributed by atoms with van der Waals surface area (Å²) in [7, 11) is 0. The number of allylic oxidation sites excluding steroid dienone is 5. The van der Waals surface area contributed by atoms with Gasteiger partial charge in [-0.05, 0) is 105 Å². The fourth-order valence-corrected chi connectivity index (χ4v) is 5.87. The van der Waals surface area contributed by atoms with Crippen LogP contribution in [0.15, 0.2) is 78.4 Å². The van der Waals surface area contributed by atoms with Gasteiger partial charge in [0.1, 0.15) is 13.1 Å². The standard InChI is InChI=1S/C38H55N2O3/c1-6-31(13-11-12-27-42-29-30-43-28-26-41)32-14-16-33(17-15-32)38(34-18-22-36(23-19-34)39(7-2)8-3)35-20-24-37(25-21-35)40(9-4)10-5/h14-25,31,41H,6-13,26-30H2,1-5H3/q+1. The number of hydrogen-bond donors (Lipinski definition) is 1. The van der Waals surface area contributed by atoms with E-state index < -0.39 is 0 Å². The van der Waals surface area contributed by atoms with Gasteiger partial charge in [-0.3, -0.25) is 0 Å². The Kier molecular flexibility index (Phi) is 15.5. The molecule has 0 saturated heterocycles. The minimum Gasteiger partial charge on any atom is -0.394 e. The summed E-state index contributed by atoms with van der Waals surface area (Å²) in [5.74, 6) is 0.548. The zero-order valence-corrected chi connectivity index (χ0v) is 27.4. The first-order valence-corrected chi connectivity index (χ1v) is 16.5. The summed E-state index contributed by atoms with van der Waals surface area (Å²) in [6.45, 7) is 17.5. The van der Waals surface area contributed by atoms with E-state index in [4.69, 9.17) is 14.6 Å². The Bertz CT molecular complexity index is 1180. The molecule has 0 fully saturated rings. The van der Waals surface area contributed by atoms with Crippen molar-refractivity contribution in [3.63, 3.8) is 0 Å². The second kappa shape index (κ2) is 19.3. The van der Waals surface area contributed by atoms with Gasteiger partial charge in [-0.25, -0.2) is 4.58 Å². The molecule has 0 aliphatic heterocycles. The van der Waals surface area contributed by atoms with Gasteiger partial charge in [-0.1, -0.05) is 49.7 Å². The molecule has 43 heavy (non-hydrogen) atoms. The molecule has 1 atom stereocenters. The smallest absolute Gasteiger partial charge is 0.199 e. The van der Waals surface area contributed by atoms with E-state index in [1.807, 2.05) is 0 Å². The number of nitrogens with zero attached hydrogens (tertiary/aromatic N) is 2. The van der Waals surface area contributed by atoms with E-state index in [0.717, 1.165) is 58.5 Å². The second-order valence-electron chi connectivity index (χ2n) is 11.0. The highest BCUT2D eigenvalue weighted by atomic mass is 16.5. The molecule has 1 unspecified atom stereocenters. The number of hydrogen-bond acceptors (Lipinski definition) is 4. The van der Waals surface area contributed by atoms with E-state index in [-0.39, 0.29) is 6.61 Å². The molecule has 0 heterocycles. The molecule has 1 aliphatic carbocycles. The van der Waals surface area contributed by atoms with Crippen LogP contribution in [0.2, 0.25) is 0 Å². The third-order valence-corrected chi connectivity index (χ3v) is 8.43. The minimum absolute atomic E-state index is 0.0623. The van der Waals surface area contributed by atoms with E-state index in [9.17, 15) is 0 Å². The van der Waals surface area contributed by atoms with Crippen molar-refractivity contribution in [2.24, 2.45) is 0 Å². The topological polar surface area (TPSA) is 44.9 Å². The highest BCUT2D eigenvalue weighted by Crippen LogP contribution is 2.33. The molecule has 1 aliphatic rings. The van der Waals surface area contributed by atoms with Gasteiger partial charge in [0, 0.05) is 37.5 Å². The SMILES string of the molecule is CCC(CCCCOCCOCCO)c1ccc(C(=C2C=CC(=[N+](CC)CC)C=C2)c2ccc(N(CC)CC)cc2)cc1. The first-order chi connectivity index (χ1) is 21.1. The van der Waals surface area contributed by atoms with Crippen LogP contribution in [0.25, 0.3) is 5.57 Å². The largest absolute Gasteiger partial charge is 0.394 e. The van der Waals surface area contributed by atoms with Crippen LogP contribution in [0.4, 0.5) is 5.69 Å². The lowest BCUT2D eigenvalue weighted by Crippen LogP contribution is -2.21. The molecule has 0 bridgehead atoms. The summed E-state index contributed by atoms with van der Waals surface area (Å²) >= 11 is 0. The molecule has 1 N–H and O–H groups in total. The average molecular weight is 588 g/mol. The number of aliphatic hydroxyl groups excluding tert-OH is 1. The van der Waals surface area contributed by atoms with Crippen molar-refractivity contribution >= 4 is 17.0 Å². The number of rotatable bonds is 19. The zero-order valence-electron chi connectivity index (χ0n) is 27.4. The Morgan fingerprint density at radius 1 is 0.721 bits per heavy atom. The monoisotopic (exact) mass is 587 g/mol. The molecule has 0 spiro atoms. The molecule has 2 aromatic rings. The molecule has 0 saturated carbocycles. The van der Waals surface area contributed by atoms with E-state index in [2.05, 4.69) is 117 Å². The highest BCUT2D eigenvalue weighted by Gasteiger charge is 2.16. The van der Waals surface area contributed by atoms with Crippen LogP contribution in [0.3, 0.4) is 0 Å². The van der Waals surface area contributed by atoms with Gasteiger partial charge in [0.2, 0.25) is 0 Å². The molecule has 234 valence electrons. The van der Waals surface area contributed by atoms with E-state index in [1.54, 1.807) is 0 Å². The Balaban J connectivity index is 1.79. The van der Waals surface area contributed by atoms with E-state index >= 15 is 0 Å². The molecule has 5 nitrogen and oxygen atoms in total. The fourth-order valence-electron chi connectivity index (χ4n) is 5.87. The second-order valence-corrected chi connectivity index (χ2v) is 11.0. The van der Waals surface area contributed by atoms with Crippen molar-refractivity contribution < 1.29 is 19.2 Å². The number of anilines is 1. The van der Waals surface area contributed by atoms with Crippen molar-refractivity contribution in [2.45, 2.75) is 66.2 Å². The maximum absolute atomic E-state index is 8.77. The van der Waals surface area contributed by atoms with Crippen molar-refractivity contribution in [1.29, 1.82) is 0 Å². The molecule has 5 heteroatoms. The summed E-state index contributed by atoms with van der Waals surface area (Å²) in [6.07, 6.45) is 13.6. The molecular weight excluding hydrogens is 532 g/mol. The summed E-state index contributed by atoms with van der Waals surface area (Å²) < 4.78 is 13.3. The number of ether oxygens (including phenoxy) is 2. The Hall–Kier alpha value is -2.99. The number of unbranched alkanes of at least 4 members (excludes halogenated alkanes) is 1. The molecule has 0 radical (unpaired) electrons. The third-order valence-electron chi connectivity index (χ3n) is 8.43. The maximum Gasteiger partial charge on any atom is 0.199 e. The first kappa shape index (κ1) is 34.5. The average Bonchev–Trinajstić information content (AvgIpc) is 3.05. The quantitative estimate of drug-likeness (QED) is 0.136. The lowest BCUT2D eigenvalue weighted by molar-refractivity contribution is -0.519. The fraction of sp³-hybridized carbons (Fsp3) is 0.500. The predicted octanol–water partition coefficient (Wildman–Crippen LogP) is 7.64. The first-order valence-electron chi connectivity index (χ1n) is 16.5. The van der Waals surface area contributed by atoms with Crippen LogP contribution >= 0.6 is 0 Å². The lowest BCUT2D eigenvalue weighted by atomic mass is 9.87. The predicted molar refractivity (Wildman–Crippen MR) is 183 cm³/mol. The maximum atomic E-state index is 8.77. The number of benzene rings is 2. The van der Waals surface area contributed by atoms with Crippen LogP contribution in [-0.2, 0) is 9.47 Å². The van der Waals surface area contributed by atoms with Gasteiger partial charge < -0.3 is 19.5 Å². The van der Waals surface area contributed by atoms with Crippen LogP contribution in [-0.4, -0.2) is 74.6 Å². The summed E-state index contributed by atoms with van der Waals surface area (Å²) in [5.41, 5.74) is 8.97. The minimum atomic E-state index is 0.0623. The molecule has 2 aromatic carbocycles. The van der Waals surface area contributed by atoms with E-state index in [0.29, 0.717) is 25.7 Å². The van der Waals surface area contributed by atoms with Crippen LogP contribution in [0, 0.1) is 0 Å². The Morgan fingerprint density at radius 2 is 1.30 bits per heavy atom. The zero-order chi connectivity index (χ0) is 30.9. The van der Waals surface area contributed by atoms with Crippen molar-refractivity contribution in [2.75, 3.05) is 64.1 Å². The Labute approximate surface area is 261 Å². The molecule has 3 rings (SSSR count). The Morgan fingerprint density at radius 3 is 1.84 bits per heavy atom. The highest BCUT2D eigenvalue weighted by molar-refractivity contribution is 6.04. The van der Waals surface area contributed by atoms with Gasteiger partial charge in [0.25, 0.3) is 0 Å². The normalized spacial score (nSPS) is 13.4. The molecule has 0 amide bonds. The lowest BCUT2D eigenvalue weighted by Gasteiger charge is -2.22. The third kappa shape index (κ3) is 10.3. The van der Waals surface area contributed by atoms with Crippen molar-refractivity contribution in [3.8, 4) is 0 Å². The summed E-state index contributed by atoms with van der Waals surface area (Å²) in [5, 5.41) is 8.77. The van der Waals surface area contributed by atoms with Crippen LogP contribution < -0.4 is 4.90 Å². The van der Waals surface area contributed by atoms with Gasteiger partial charge in [-0.15, -0.1) is 0 Å². The summed E-state index contributed by atoms with van der Waals surface area (Å²) in [6, 6.07) is 18.4. The van der Waals surface area contributed by atoms with Gasteiger partial charge in [0.15, 0.2) is 5.71 Å². The van der Waals surface area contributed by atoms with E-state index in [1.165, 1.54) is 39.2 Å². The van der Waals surface area contributed by atoms with Gasteiger partial charge in [-0.2, -0.15) is 0 Å². The van der Waals surface area contributed by atoms with Gasteiger partial charge >= 0.3 is 0 Å². The van der Waals surface area contributed by atoms with Crippen LogP contribution in [0.1, 0.15) is 82.9 Å². The summed E-state index contributed by atoms with van der Waals surface area (Å²) in [4.78, 5) is 2.39. The van der Waals surface area contributed by atoms with Crippen LogP contribution in [0.5, 0.6) is 0 Å². The number of aliphatic hydroxyl groups is 1. The van der Waals surface area contributed by atoms with Crippen molar-refractivity contribution in [3.05, 3.63) is 95.1 Å². The molecule has 0 aromatic heterocycles. The molecular formula is C38H55N2O3+. The van der Waals surface area contributed by atoms with Gasteiger partial charge in [0.05, 0.1) is 26.4 Å². The van der Waals surface area contributed by atoms with Crippen molar-refractivity contribution in [1.82, 2.24) is 0 Å².